The molecule has 3 nitrogen and oxygen atoms in total. The highest BCUT2D eigenvalue weighted by atomic mass is 14.6. The topological polar surface area (TPSA) is 73.6 Å². The van der Waals surface area contributed by atoms with Gasteiger partial charge >= 0.3 is 0 Å². The van der Waals surface area contributed by atoms with Gasteiger partial charge in [-0.05, 0) is 23.5 Å². The molecular formula is C13H15N3. The smallest absolute Gasteiger partial charge is 0.102 e. The molecule has 2 N–H and O–H groups in total. The van der Waals surface area contributed by atoms with Crippen molar-refractivity contribution in [2.45, 2.75) is 33.1 Å². The van der Waals surface area contributed by atoms with Crippen molar-refractivity contribution >= 4 is 5.69 Å². The van der Waals surface area contributed by atoms with Crippen molar-refractivity contribution in [3.63, 3.8) is 0 Å². The average molecular weight is 213 g/mol. The maximum Gasteiger partial charge on any atom is 0.102 e. The molecular weight excluding hydrogens is 198 g/mol. The zero-order chi connectivity index (χ0) is 12.5. The van der Waals surface area contributed by atoms with Crippen molar-refractivity contribution in [2.75, 3.05) is 5.73 Å². The molecule has 0 spiro atoms. The van der Waals surface area contributed by atoms with Crippen LogP contribution in [0, 0.1) is 29.6 Å². The molecule has 3 heteroatoms. The van der Waals surface area contributed by atoms with E-state index in [2.05, 4.69) is 6.07 Å². The van der Waals surface area contributed by atoms with Crippen molar-refractivity contribution in [1.82, 2.24) is 0 Å². The molecule has 82 valence electrons. The highest BCUT2D eigenvalue weighted by Crippen LogP contribution is 2.32. The van der Waals surface area contributed by atoms with Crippen LogP contribution < -0.4 is 5.73 Å². The van der Waals surface area contributed by atoms with Gasteiger partial charge in [-0.1, -0.05) is 26.8 Å². The van der Waals surface area contributed by atoms with Crippen LogP contribution in [0.15, 0.2) is 6.07 Å². The molecule has 0 aliphatic heterocycles. The summed E-state index contributed by atoms with van der Waals surface area (Å²) in [5.74, 6) is 0. The Morgan fingerprint density at radius 3 is 2.00 bits per heavy atom. The van der Waals surface area contributed by atoms with Crippen molar-refractivity contribution in [1.29, 1.82) is 10.5 Å². The summed E-state index contributed by atoms with van der Waals surface area (Å²) in [5.41, 5.74) is 8.55. The molecule has 1 aromatic carbocycles. The fraction of sp³-hybridized carbons (Fsp3) is 0.385. The Morgan fingerprint density at radius 1 is 1.12 bits per heavy atom. The molecule has 0 unspecified atom stereocenters. The second-order valence-corrected chi connectivity index (χ2v) is 4.88. The van der Waals surface area contributed by atoms with Gasteiger partial charge < -0.3 is 5.73 Å². The average Bonchev–Trinajstić information content (AvgIpc) is 2.16. The highest BCUT2D eigenvalue weighted by Gasteiger charge is 2.22. The van der Waals surface area contributed by atoms with Crippen molar-refractivity contribution in [3.05, 3.63) is 28.3 Å². The fourth-order valence-electron chi connectivity index (χ4n) is 1.70. The van der Waals surface area contributed by atoms with Crippen molar-refractivity contribution in [3.8, 4) is 12.1 Å². The molecule has 0 atom stereocenters. The minimum absolute atomic E-state index is 0.155. The minimum Gasteiger partial charge on any atom is -0.397 e. The number of hydrogen-bond donors (Lipinski definition) is 1. The van der Waals surface area contributed by atoms with Crippen LogP contribution in [0.4, 0.5) is 5.69 Å². The lowest BCUT2D eigenvalue weighted by atomic mass is 9.81. The molecule has 1 aromatic rings. The molecule has 0 aliphatic carbocycles. The Labute approximate surface area is 96.1 Å². The molecule has 0 aromatic heterocycles. The largest absolute Gasteiger partial charge is 0.397 e. The van der Waals surface area contributed by atoms with E-state index in [-0.39, 0.29) is 5.41 Å². The van der Waals surface area contributed by atoms with Gasteiger partial charge in [-0.15, -0.1) is 0 Å². The van der Waals surface area contributed by atoms with Gasteiger partial charge in [0, 0.05) is 0 Å². The van der Waals surface area contributed by atoms with E-state index in [1.54, 1.807) is 0 Å². The molecule has 0 amide bonds. The summed E-state index contributed by atoms with van der Waals surface area (Å²) in [4.78, 5) is 0. The Morgan fingerprint density at radius 2 is 1.62 bits per heavy atom. The number of nitrogen functional groups attached to an aromatic ring is 1. The zero-order valence-electron chi connectivity index (χ0n) is 10.0. The Hall–Kier alpha value is -2.00. The third-order valence-electron chi connectivity index (χ3n) is 2.59. The van der Waals surface area contributed by atoms with Gasteiger partial charge in [0.05, 0.1) is 16.8 Å². The van der Waals surface area contributed by atoms with Gasteiger partial charge in [0.2, 0.25) is 0 Å². The van der Waals surface area contributed by atoms with E-state index in [4.69, 9.17) is 16.3 Å². The second kappa shape index (κ2) is 3.87. The SMILES string of the molecule is Cc1cc(C(C)(C)C)c(C#N)c(N)c1C#N. The molecule has 0 saturated carbocycles. The van der Waals surface area contributed by atoms with E-state index in [1.165, 1.54) is 0 Å². The van der Waals surface area contributed by atoms with Gasteiger partial charge in [-0.25, -0.2) is 0 Å². The molecule has 16 heavy (non-hydrogen) atoms. The van der Waals surface area contributed by atoms with E-state index in [1.807, 2.05) is 39.8 Å². The van der Waals surface area contributed by atoms with Crippen LogP contribution in [0.2, 0.25) is 0 Å². The maximum atomic E-state index is 9.13. The number of nitrogens with zero attached hydrogens (tertiary/aromatic N) is 2. The van der Waals surface area contributed by atoms with Crippen LogP contribution in [-0.4, -0.2) is 0 Å². The van der Waals surface area contributed by atoms with E-state index < -0.39 is 0 Å². The van der Waals surface area contributed by atoms with Gasteiger partial charge in [0.25, 0.3) is 0 Å². The maximum absolute atomic E-state index is 9.13. The first kappa shape index (κ1) is 12.1. The van der Waals surface area contributed by atoms with E-state index >= 15 is 0 Å². The number of nitriles is 2. The van der Waals surface area contributed by atoms with E-state index in [0.717, 1.165) is 11.1 Å². The van der Waals surface area contributed by atoms with Crippen molar-refractivity contribution in [2.24, 2.45) is 0 Å². The predicted octanol–water partition coefficient (Wildman–Crippen LogP) is 2.62. The number of aryl methyl sites for hydroxylation is 1. The van der Waals surface area contributed by atoms with Gasteiger partial charge in [0.15, 0.2) is 0 Å². The third-order valence-corrected chi connectivity index (χ3v) is 2.59. The first-order valence-electron chi connectivity index (χ1n) is 5.06. The standard InChI is InChI=1S/C13H15N3/c1-8-5-11(13(2,3)4)10(7-15)12(16)9(8)6-14/h5H,16H2,1-4H3. The molecule has 0 heterocycles. The Kier molecular flexibility index (Phi) is 2.92. The quantitative estimate of drug-likeness (QED) is 0.673. The summed E-state index contributed by atoms with van der Waals surface area (Å²) in [6.07, 6.45) is 0. The van der Waals surface area contributed by atoms with Gasteiger partial charge in [-0.3, -0.25) is 0 Å². The normalized spacial score (nSPS) is 10.6. The molecule has 0 aliphatic rings. The number of anilines is 1. The zero-order valence-corrected chi connectivity index (χ0v) is 10.0. The number of benzene rings is 1. The second-order valence-electron chi connectivity index (χ2n) is 4.88. The van der Waals surface area contributed by atoms with Crippen LogP contribution >= 0.6 is 0 Å². The lowest BCUT2D eigenvalue weighted by Crippen LogP contribution is -2.16. The summed E-state index contributed by atoms with van der Waals surface area (Å²) in [6.45, 7) is 7.90. The molecule has 0 saturated heterocycles. The Bertz CT molecular complexity index is 508. The van der Waals surface area contributed by atoms with Crippen LogP contribution in [0.25, 0.3) is 0 Å². The summed E-state index contributed by atoms with van der Waals surface area (Å²) < 4.78 is 0. The molecule has 0 bridgehead atoms. The van der Waals surface area contributed by atoms with E-state index in [9.17, 15) is 0 Å². The third kappa shape index (κ3) is 1.85. The van der Waals surface area contributed by atoms with E-state index in [0.29, 0.717) is 16.8 Å². The lowest BCUT2D eigenvalue weighted by Gasteiger charge is -2.22. The number of nitrogens with two attached hydrogens (primary N) is 1. The molecule has 0 radical (unpaired) electrons. The number of rotatable bonds is 0. The number of hydrogen-bond acceptors (Lipinski definition) is 3. The molecule has 0 fully saturated rings. The monoisotopic (exact) mass is 213 g/mol. The van der Waals surface area contributed by atoms with Crippen molar-refractivity contribution < 1.29 is 0 Å². The minimum atomic E-state index is -0.155. The molecule has 1 rings (SSSR count). The fourth-order valence-corrected chi connectivity index (χ4v) is 1.70. The first-order chi connectivity index (χ1) is 7.32. The Balaban J connectivity index is 3.71. The van der Waals surface area contributed by atoms with Crippen LogP contribution in [0.5, 0.6) is 0 Å². The summed E-state index contributed by atoms with van der Waals surface area (Å²) in [5, 5.41) is 18.1. The summed E-state index contributed by atoms with van der Waals surface area (Å²) in [7, 11) is 0. The first-order valence-corrected chi connectivity index (χ1v) is 5.06. The summed E-state index contributed by atoms with van der Waals surface area (Å²) >= 11 is 0. The highest BCUT2D eigenvalue weighted by molar-refractivity contribution is 5.69. The lowest BCUT2D eigenvalue weighted by molar-refractivity contribution is 0.588. The van der Waals surface area contributed by atoms with Gasteiger partial charge in [-0.2, -0.15) is 10.5 Å². The van der Waals surface area contributed by atoms with Crippen LogP contribution in [-0.2, 0) is 5.41 Å². The van der Waals surface area contributed by atoms with Gasteiger partial charge in [0.1, 0.15) is 12.1 Å². The predicted molar refractivity (Wildman–Crippen MR) is 63.7 cm³/mol. The summed E-state index contributed by atoms with van der Waals surface area (Å²) in [6, 6.07) is 6.02. The van der Waals surface area contributed by atoms with Crippen LogP contribution in [0.1, 0.15) is 43.0 Å². The van der Waals surface area contributed by atoms with Crippen LogP contribution in [0.3, 0.4) is 0 Å².